The molecule has 0 aromatic rings. The van der Waals surface area contributed by atoms with Gasteiger partial charge in [-0.15, -0.1) is 0 Å². The number of carbonyl (C=O) groups is 3. The van der Waals surface area contributed by atoms with Crippen LogP contribution in [-0.4, -0.2) is 37.2 Å². The van der Waals surface area contributed by atoms with Gasteiger partial charge in [0, 0.05) is 19.3 Å². The van der Waals surface area contributed by atoms with Crippen molar-refractivity contribution in [1.82, 2.24) is 0 Å². The number of hydrogen-bond acceptors (Lipinski definition) is 6. The van der Waals surface area contributed by atoms with E-state index in [0.717, 1.165) is 77.0 Å². The van der Waals surface area contributed by atoms with E-state index in [2.05, 4.69) is 57.2 Å². The van der Waals surface area contributed by atoms with Crippen LogP contribution in [0.15, 0.2) is 36.5 Å². The number of esters is 3. The number of rotatable bonds is 50. The average Bonchev–Trinajstić information content (AvgIpc) is 3.28. The first-order valence-electron chi connectivity index (χ1n) is 27.5. The molecule has 0 N–H and O–H groups in total. The van der Waals surface area contributed by atoms with Gasteiger partial charge in [-0.25, -0.2) is 0 Å². The van der Waals surface area contributed by atoms with Crippen molar-refractivity contribution in [2.75, 3.05) is 13.2 Å². The fraction of sp³-hybridized carbons (Fsp3) is 0.842. The van der Waals surface area contributed by atoms with E-state index in [9.17, 15) is 14.4 Å². The Bertz CT molecular complexity index is 1060. The molecule has 0 spiro atoms. The zero-order chi connectivity index (χ0) is 45.8. The highest BCUT2D eigenvalue weighted by Crippen LogP contribution is 2.16. The highest BCUT2D eigenvalue weighted by Gasteiger charge is 2.19. The van der Waals surface area contributed by atoms with Crippen LogP contribution in [0.3, 0.4) is 0 Å². The van der Waals surface area contributed by atoms with Gasteiger partial charge >= 0.3 is 17.9 Å². The van der Waals surface area contributed by atoms with Gasteiger partial charge < -0.3 is 14.2 Å². The Morgan fingerprint density at radius 2 is 0.571 bits per heavy atom. The lowest BCUT2D eigenvalue weighted by Gasteiger charge is -2.18. The number of carbonyl (C=O) groups excluding carboxylic acids is 3. The molecule has 0 aromatic heterocycles. The van der Waals surface area contributed by atoms with Gasteiger partial charge in [-0.1, -0.05) is 250 Å². The minimum atomic E-state index is -0.772. The van der Waals surface area contributed by atoms with Crippen molar-refractivity contribution >= 4 is 17.9 Å². The summed E-state index contributed by atoms with van der Waals surface area (Å²) in [5.74, 6) is -0.873. The lowest BCUT2D eigenvalue weighted by molar-refractivity contribution is -0.167. The third kappa shape index (κ3) is 50.5. The summed E-state index contributed by atoms with van der Waals surface area (Å²) in [4.78, 5) is 38.0. The summed E-state index contributed by atoms with van der Waals surface area (Å²) in [7, 11) is 0. The molecule has 0 amide bonds. The molecule has 63 heavy (non-hydrogen) atoms. The van der Waals surface area contributed by atoms with Crippen LogP contribution in [0.1, 0.15) is 290 Å². The van der Waals surface area contributed by atoms with Crippen molar-refractivity contribution in [3.8, 4) is 0 Å². The first kappa shape index (κ1) is 60.6. The Kier molecular flexibility index (Phi) is 50.3. The van der Waals surface area contributed by atoms with Crippen molar-refractivity contribution in [3.05, 3.63) is 36.5 Å². The van der Waals surface area contributed by atoms with E-state index in [1.165, 1.54) is 173 Å². The normalized spacial score (nSPS) is 12.2. The Balaban J connectivity index is 4.29. The third-order valence-electron chi connectivity index (χ3n) is 12.1. The Hall–Kier alpha value is -2.37. The van der Waals surface area contributed by atoms with Crippen LogP contribution in [0.5, 0.6) is 0 Å². The SMILES string of the molecule is CCCCC/C=C\C/C=C\C/C=C\CCCCCCCCC(=O)OC[C@@H](COC(=O)CCCCCCCCCCC)OC(=O)CCCCCCCCCCCCCCCCCCC. The lowest BCUT2D eigenvalue weighted by atomic mass is 10.0. The Labute approximate surface area is 391 Å². The first-order chi connectivity index (χ1) is 31.0. The molecule has 0 aliphatic rings. The zero-order valence-electron chi connectivity index (χ0n) is 42.1. The number of ether oxygens (including phenoxy) is 3. The van der Waals surface area contributed by atoms with E-state index in [1.54, 1.807) is 0 Å². The molecule has 1 atom stereocenters. The summed E-state index contributed by atoms with van der Waals surface area (Å²) in [6, 6.07) is 0. The second kappa shape index (κ2) is 52.3. The van der Waals surface area contributed by atoms with Gasteiger partial charge in [0.15, 0.2) is 6.10 Å². The summed E-state index contributed by atoms with van der Waals surface area (Å²) in [5, 5.41) is 0. The zero-order valence-corrected chi connectivity index (χ0v) is 42.1. The highest BCUT2D eigenvalue weighted by atomic mass is 16.6. The summed E-state index contributed by atoms with van der Waals surface area (Å²) in [5.41, 5.74) is 0. The summed E-state index contributed by atoms with van der Waals surface area (Å²) < 4.78 is 16.8. The van der Waals surface area contributed by atoms with Crippen LogP contribution in [0, 0.1) is 0 Å². The van der Waals surface area contributed by atoms with E-state index >= 15 is 0 Å². The fourth-order valence-electron chi connectivity index (χ4n) is 7.98. The van der Waals surface area contributed by atoms with Crippen molar-refractivity contribution in [2.24, 2.45) is 0 Å². The monoisotopic (exact) mass is 885 g/mol. The van der Waals surface area contributed by atoms with Gasteiger partial charge in [-0.3, -0.25) is 14.4 Å². The van der Waals surface area contributed by atoms with Crippen LogP contribution in [0.4, 0.5) is 0 Å². The van der Waals surface area contributed by atoms with Crippen LogP contribution in [0.2, 0.25) is 0 Å². The molecule has 0 unspecified atom stereocenters. The molecule has 0 rings (SSSR count). The van der Waals surface area contributed by atoms with Gasteiger partial charge in [-0.2, -0.15) is 0 Å². The Morgan fingerprint density at radius 1 is 0.317 bits per heavy atom. The van der Waals surface area contributed by atoms with Gasteiger partial charge in [0.25, 0.3) is 0 Å². The molecule has 0 heterocycles. The van der Waals surface area contributed by atoms with E-state index in [4.69, 9.17) is 14.2 Å². The summed E-state index contributed by atoms with van der Waals surface area (Å²) in [6.45, 7) is 6.61. The van der Waals surface area contributed by atoms with Crippen LogP contribution in [-0.2, 0) is 28.6 Å². The predicted molar refractivity (Wildman–Crippen MR) is 270 cm³/mol. The number of unbranched alkanes of at least 4 members (excludes halogenated alkanes) is 33. The molecule has 0 saturated heterocycles. The van der Waals surface area contributed by atoms with Crippen LogP contribution in [0.25, 0.3) is 0 Å². The molecule has 0 aromatic carbocycles. The van der Waals surface area contributed by atoms with Gasteiger partial charge in [-0.05, 0) is 57.8 Å². The first-order valence-corrected chi connectivity index (χ1v) is 27.5. The standard InChI is InChI=1S/C57H104O6/c1-4-7-10-13-16-19-21-23-25-27-28-30-31-33-35-38-41-44-47-50-56(59)62-53-54(52-61-55(58)49-46-43-40-37-18-15-12-9-6-3)63-57(60)51-48-45-42-39-36-34-32-29-26-24-22-20-17-14-11-8-5-2/h16,19,23,25,28,30,54H,4-15,17-18,20-22,24,26-27,29,31-53H2,1-3H3/b19-16-,25-23-,30-28-/t54-/m1/s1. The molecule has 6 nitrogen and oxygen atoms in total. The van der Waals surface area contributed by atoms with Gasteiger partial charge in [0.2, 0.25) is 0 Å². The van der Waals surface area contributed by atoms with Crippen molar-refractivity contribution < 1.29 is 28.6 Å². The van der Waals surface area contributed by atoms with Gasteiger partial charge in [0.05, 0.1) is 0 Å². The molecule has 0 aliphatic heterocycles. The molecule has 0 radical (unpaired) electrons. The average molecular weight is 885 g/mol. The van der Waals surface area contributed by atoms with E-state index in [-0.39, 0.29) is 31.1 Å². The van der Waals surface area contributed by atoms with Crippen LogP contribution < -0.4 is 0 Å². The maximum absolute atomic E-state index is 12.8. The molecule has 0 aliphatic carbocycles. The smallest absolute Gasteiger partial charge is 0.306 e. The predicted octanol–water partition coefficient (Wildman–Crippen LogP) is 18.1. The fourth-order valence-corrected chi connectivity index (χ4v) is 7.98. The minimum Gasteiger partial charge on any atom is -0.462 e. The van der Waals surface area contributed by atoms with E-state index in [0.29, 0.717) is 19.3 Å². The van der Waals surface area contributed by atoms with Crippen molar-refractivity contribution in [1.29, 1.82) is 0 Å². The molecule has 0 bridgehead atoms. The second-order valence-corrected chi connectivity index (χ2v) is 18.5. The molecule has 0 saturated carbocycles. The maximum atomic E-state index is 12.8. The van der Waals surface area contributed by atoms with Crippen molar-refractivity contribution in [3.63, 3.8) is 0 Å². The summed E-state index contributed by atoms with van der Waals surface area (Å²) >= 11 is 0. The van der Waals surface area contributed by atoms with Gasteiger partial charge in [0.1, 0.15) is 13.2 Å². The lowest BCUT2D eigenvalue weighted by Crippen LogP contribution is -2.30. The molecule has 368 valence electrons. The topological polar surface area (TPSA) is 78.9 Å². The van der Waals surface area contributed by atoms with E-state index in [1.807, 2.05) is 0 Å². The third-order valence-corrected chi connectivity index (χ3v) is 12.1. The molecular formula is C57H104O6. The molecule has 6 heteroatoms. The van der Waals surface area contributed by atoms with E-state index < -0.39 is 6.10 Å². The highest BCUT2D eigenvalue weighted by molar-refractivity contribution is 5.71. The number of allylic oxidation sites excluding steroid dienone is 6. The van der Waals surface area contributed by atoms with Crippen LogP contribution >= 0.6 is 0 Å². The minimum absolute atomic E-state index is 0.0724. The quantitative estimate of drug-likeness (QED) is 0.0262. The second-order valence-electron chi connectivity index (χ2n) is 18.5. The molecular weight excluding hydrogens is 781 g/mol. The number of hydrogen-bond donors (Lipinski definition) is 0. The van der Waals surface area contributed by atoms with Crippen molar-refractivity contribution in [2.45, 2.75) is 297 Å². The Morgan fingerprint density at radius 3 is 0.921 bits per heavy atom. The largest absolute Gasteiger partial charge is 0.462 e. The molecule has 0 fully saturated rings. The summed E-state index contributed by atoms with van der Waals surface area (Å²) in [6.07, 6.45) is 61.3. The maximum Gasteiger partial charge on any atom is 0.306 e.